The Morgan fingerprint density at radius 2 is 2.39 bits per heavy atom. The first kappa shape index (κ1) is 14.6. The lowest BCUT2D eigenvalue weighted by Crippen LogP contribution is -2.25. The number of ether oxygens (including phenoxy) is 1. The third-order valence-electron chi connectivity index (χ3n) is 2.12. The van der Waals surface area contributed by atoms with Gasteiger partial charge in [-0.25, -0.2) is 0 Å². The molecule has 1 heterocycles. The fourth-order valence-corrected chi connectivity index (χ4v) is 1.28. The normalized spacial score (nSPS) is 10.6. The zero-order chi connectivity index (χ0) is 13.2. The number of hydrogen-bond acceptors (Lipinski definition) is 6. The highest BCUT2D eigenvalue weighted by atomic mass is 16.5. The van der Waals surface area contributed by atoms with Crippen molar-refractivity contribution in [3.05, 3.63) is 11.9 Å². The smallest absolute Gasteiger partial charge is 0.273 e. The number of nitrogens with one attached hydrogen (secondary N) is 1. The number of nitrogens with zero attached hydrogens (tertiary/aromatic N) is 3. The molecule has 4 N–H and O–H groups in total. The Balaban J connectivity index is 2.19. The van der Waals surface area contributed by atoms with Gasteiger partial charge in [0, 0.05) is 19.7 Å². The molecule has 0 spiro atoms. The molecule has 8 nitrogen and oxygen atoms in total. The lowest BCUT2D eigenvalue weighted by molar-refractivity contribution is 0.0865. The van der Waals surface area contributed by atoms with E-state index < -0.39 is 0 Å². The molecule has 0 radical (unpaired) electrons. The maximum absolute atomic E-state index is 11.6. The van der Waals surface area contributed by atoms with Gasteiger partial charge in [-0.1, -0.05) is 5.21 Å². The van der Waals surface area contributed by atoms with Crippen molar-refractivity contribution in [3.8, 4) is 0 Å². The van der Waals surface area contributed by atoms with Crippen LogP contribution in [0.15, 0.2) is 6.20 Å². The molecule has 0 aliphatic carbocycles. The van der Waals surface area contributed by atoms with Gasteiger partial charge in [0.2, 0.25) is 0 Å². The summed E-state index contributed by atoms with van der Waals surface area (Å²) in [6, 6.07) is 0. The van der Waals surface area contributed by atoms with Crippen LogP contribution in [-0.2, 0) is 11.3 Å². The first-order valence-corrected chi connectivity index (χ1v) is 5.85. The summed E-state index contributed by atoms with van der Waals surface area (Å²) in [5.41, 5.74) is 5.64. The molecule has 1 rings (SSSR count). The zero-order valence-electron chi connectivity index (χ0n) is 10.2. The van der Waals surface area contributed by atoms with Crippen molar-refractivity contribution in [1.82, 2.24) is 20.3 Å². The summed E-state index contributed by atoms with van der Waals surface area (Å²) in [6.45, 7) is 2.31. The van der Waals surface area contributed by atoms with E-state index >= 15 is 0 Å². The standard InChI is InChI=1S/C10H19N5O3/c11-2-4-15-8-9(13-14-15)10(17)12-3-1-6-18-7-5-16/h8,16H,1-7,11H2,(H,12,17). The second kappa shape index (κ2) is 8.56. The predicted octanol–water partition coefficient (Wildman–Crippen LogP) is -1.63. The second-order valence-electron chi connectivity index (χ2n) is 3.60. The highest BCUT2D eigenvalue weighted by molar-refractivity contribution is 5.91. The van der Waals surface area contributed by atoms with E-state index in [-0.39, 0.29) is 18.2 Å². The molecule has 0 aliphatic rings. The van der Waals surface area contributed by atoms with E-state index in [0.717, 1.165) is 0 Å². The summed E-state index contributed by atoms with van der Waals surface area (Å²) in [5, 5.41) is 18.7. The van der Waals surface area contributed by atoms with Gasteiger partial charge in [0.1, 0.15) is 0 Å². The quantitative estimate of drug-likeness (QED) is 0.457. The number of nitrogens with two attached hydrogens (primary N) is 1. The number of carbonyl (C=O) groups excluding carboxylic acids is 1. The van der Waals surface area contributed by atoms with Crippen LogP contribution >= 0.6 is 0 Å². The van der Waals surface area contributed by atoms with E-state index in [1.807, 2.05) is 0 Å². The van der Waals surface area contributed by atoms with E-state index in [1.54, 1.807) is 6.20 Å². The molecule has 102 valence electrons. The number of amides is 1. The molecule has 0 atom stereocenters. The topological polar surface area (TPSA) is 115 Å². The van der Waals surface area contributed by atoms with Crippen LogP contribution in [0.4, 0.5) is 0 Å². The maximum atomic E-state index is 11.6. The Morgan fingerprint density at radius 3 is 3.11 bits per heavy atom. The molecule has 8 heteroatoms. The van der Waals surface area contributed by atoms with Gasteiger partial charge in [-0.3, -0.25) is 9.48 Å². The summed E-state index contributed by atoms with van der Waals surface area (Å²) < 4.78 is 6.59. The third kappa shape index (κ3) is 5.21. The molecule has 0 unspecified atom stereocenters. The minimum absolute atomic E-state index is 0.0105. The van der Waals surface area contributed by atoms with Crippen LogP contribution in [0.2, 0.25) is 0 Å². The van der Waals surface area contributed by atoms with Crippen LogP contribution in [-0.4, -0.2) is 58.9 Å². The van der Waals surface area contributed by atoms with Gasteiger partial charge in [-0.15, -0.1) is 5.10 Å². The predicted molar refractivity (Wildman–Crippen MR) is 63.9 cm³/mol. The summed E-state index contributed by atoms with van der Waals surface area (Å²) in [7, 11) is 0. The van der Waals surface area contributed by atoms with Crippen molar-refractivity contribution < 1.29 is 14.6 Å². The molecule has 1 aromatic heterocycles. The highest BCUT2D eigenvalue weighted by Gasteiger charge is 2.09. The molecule has 0 saturated carbocycles. The molecular formula is C10H19N5O3. The first-order valence-electron chi connectivity index (χ1n) is 5.85. The van der Waals surface area contributed by atoms with Gasteiger partial charge in [0.15, 0.2) is 5.69 Å². The third-order valence-corrected chi connectivity index (χ3v) is 2.12. The Bertz CT molecular complexity index is 355. The van der Waals surface area contributed by atoms with E-state index in [4.69, 9.17) is 15.6 Å². The minimum atomic E-state index is -0.263. The van der Waals surface area contributed by atoms with Gasteiger partial charge in [0.25, 0.3) is 5.91 Å². The van der Waals surface area contributed by atoms with Crippen molar-refractivity contribution in [2.75, 3.05) is 32.9 Å². The Morgan fingerprint density at radius 1 is 1.56 bits per heavy atom. The van der Waals surface area contributed by atoms with Crippen molar-refractivity contribution >= 4 is 5.91 Å². The van der Waals surface area contributed by atoms with Crippen molar-refractivity contribution in [2.45, 2.75) is 13.0 Å². The maximum Gasteiger partial charge on any atom is 0.273 e. The molecule has 0 bridgehead atoms. The molecule has 1 amide bonds. The summed E-state index contributed by atoms with van der Waals surface area (Å²) in [5.74, 6) is -0.263. The van der Waals surface area contributed by atoms with Gasteiger partial charge in [0.05, 0.1) is 26.0 Å². The molecule has 18 heavy (non-hydrogen) atoms. The van der Waals surface area contributed by atoms with Gasteiger partial charge >= 0.3 is 0 Å². The van der Waals surface area contributed by atoms with Crippen molar-refractivity contribution in [2.24, 2.45) is 5.73 Å². The molecule has 0 aliphatic heterocycles. The molecule has 1 aromatic rings. The van der Waals surface area contributed by atoms with Crippen molar-refractivity contribution in [3.63, 3.8) is 0 Å². The zero-order valence-corrected chi connectivity index (χ0v) is 10.2. The first-order chi connectivity index (χ1) is 8.77. The number of rotatable bonds is 9. The number of hydrogen-bond donors (Lipinski definition) is 3. The van der Waals surface area contributed by atoms with Crippen molar-refractivity contribution in [1.29, 1.82) is 0 Å². The van der Waals surface area contributed by atoms with Crippen LogP contribution in [0.3, 0.4) is 0 Å². The van der Waals surface area contributed by atoms with Crippen LogP contribution in [0.1, 0.15) is 16.9 Å². The molecule has 0 aromatic carbocycles. The van der Waals surface area contributed by atoms with E-state index in [1.165, 1.54) is 4.68 Å². The number of carbonyl (C=O) groups is 1. The lowest BCUT2D eigenvalue weighted by Gasteiger charge is -2.03. The summed E-state index contributed by atoms with van der Waals surface area (Å²) in [6.07, 6.45) is 2.24. The molecule has 0 fully saturated rings. The van der Waals surface area contributed by atoms with Crippen LogP contribution in [0.25, 0.3) is 0 Å². The van der Waals surface area contributed by atoms with Crippen LogP contribution < -0.4 is 11.1 Å². The van der Waals surface area contributed by atoms with Crippen LogP contribution in [0, 0.1) is 0 Å². The second-order valence-corrected chi connectivity index (χ2v) is 3.60. The fourth-order valence-electron chi connectivity index (χ4n) is 1.28. The fraction of sp³-hybridized carbons (Fsp3) is 0.700. The number of aliphatic hydroxyl groups excluding tert-OH is 1. The van der Waals surface area contributed by atoms with Crippen LogP contribution in [0.5, 0.6) is 0 Å². The van der Waals surface area contributed by atoms with E-state index in [0.29, 0.717) is 39.3 Å². The van der Waals surface area contributed by atoms with E-state index in [2.05, 4.69) is 15.6 Å². The number of aliphatic hydroxyl groups is 1. The average Bonchev–Trinajstić information content (AvgIpc) is 2.82. The largest absolute Gasteiger partial charge is 0.394 e. The summed E-state index contributed by atoms with van der Waals surface area (Å²) >= 11 is 0. The Labute approximate surface area is 105 Å². The highest BCUT2D eigenvalue weighted by Crippen LogP contribution is 1.93. The Hall–Kier alpha value is -1.51. The monoisotopic (exact) mass is 257 g/mol. The van der Waals surface area contributed by atoms with Gasteiger partial charge in [-0.2, -0.15) is 0 Å². The van der Waals surface area contributed by atoms with E-state index in [9.17, 15) is 4.79 Å². The summed E-state index contributed by atoms with van der Waals surface area (Å²) in [4.78, 5) is 11.6. The van der Waals surface area contributed by atoms with Gasteiger partial charge in [-0.05, 0) is 6.42 Å². The van der Waals surface area contributed by atoms with Gasteiger partial charge < -0.3 is 20.9 Å². The molecule has 0 saturated heterocycles. The minimum Gasteiger partial charge on any atom is -0.394 e. The lowest BCUT2D eigenvalue weighted by atomic mass is 10.4. The SMILES string of the molecule is NCCn1cc(C(=O)NCCCOCCO)nn1. The molecular weight excluding hydrogens is 238 g/mol. The number of aromatic nitrogens is 3. The average molecular weight is 257 g/mol. The Kier molecular flexibility index (Phi) is 6.92.